The van der Waals surface area contributed by atoms with Crippen molar-refractivity contribution in [3.05, 3.63) is 89.2 Å². The van der Waals surface area contributed by atoms with E-state index >= 15 is 0 Å². The lowest BCUT2D eigenvalue weighted by Crippen LogP contribution is -2.30. The van der Waals surface area contributed by atoms with Gasteiger partial charge in [0.2, 0.25) is 10.0 Å². The number of anilines is 1. The van der Waals surface area contributed by atoms with E-state index in [9.17, 15) is 17.6 Å². The minimum absolute atomic E-state index is 0.155. The first-order valence-electron chi connectivity index (χ1n) is 10.4. The Bertz CT molecular complexity index is 1260. The van der Waals surface area contributed by atoms with Crippen LogP contribution in [0, 0.1) is 5.82 Å². The van der Waals surface area contributed by atoms with Gasteiger partial charge in [0, 0.05) is 24.7 Å². The van der Waals surface area contributed by atoms with Gasteiger partial charge in [-0.15, -0.1) is 0 Å². The number of ether oxygens (including phenoxy) is 2. The SMILES string of the molecule is COc1ccc(CN(C)C(=O)c2ccc(N(Cc3ccccc3F)S(C)(=O)=O)cc2)cc1OC. The van der Waals surface area contributed by atoms with Gasteiger partial charge in [-0.3, -0.25) is 9.10 Å². The van der Waals surface area contributed by atoms with E-state index in [-0.39, 0.29) is 18.0 Å². The van der Waals surface area contributed by atoms with Gasteiger partial charge >= 0.3 is 0 Å². The molecule has 180 valence electrons. The third-order valence-electron chi connectivity index (χ3n) is 5.29. The molecule has 0 aliphatic carbocycles. The topological polar surface area (TPSA) is 76.2 Å². The fourth-order valence-corrected chi connectivity index (χ4v) is 4.37. The molecule has 3 rings (SSSR count). The lowest BCUT2D eigenvalue weighted by atomic mass is 10.1. The fourth-order valence-electron chi connectivity index (χ4n) is 3.50. The van der Waals surface area contributed by atoms with Crippen molar-refractivity contribution in [1.29, 1.82) is 0 Å². The predicted molar refractivity (Wildman–Crippen MR) is 129 cm³/mol. The maximum atomic E-state index is 14.1. The Morgan fingerprint density at radius 3 is 2.15 bits per heavy atom. The van der Waals surface area contributed by atoms with Gasteiger partial charge in [0.1, 0.15) is 5.82 Å². The maximum Gasteiger partial charge on any atom is 0.253 e. The summed E-state index contributed by atoms with van der Waals surface area (Å²) in [7, 11) is 1.09. The average molecular weight is 487 g/mol. The summed E-state index contributed by atoms with van der Waals surface area (Å²) >= 11 is 0. The summed E-state index contributed by atoms with van der Waals surface area (Å²) in [6.07, 6.45) is 1.06. The van der Waals surface area contributed by atoms with E-state index in [4.69, 9.17) is 9.47 Å². The van der Waals surface area contributed by atoms with Crippen molar-refractivity contribution in [3.63, 3.8) is 0 Å². The number of methoxy groups -OCH3 is 2. The highest BCUT2D eigenvalue weighted by atomic mass is 32.2. The summed E-state index contributed by atoms with van der Waals surface area (Å²) in [5, 5.41) is 0. The van der Waals surface area contributed by atoms with Crippen molar-refractivity contribution in [2.75, 3.05) is 31.8 Å². The van der Waals surface area contributed by atoms with E-state index in [1.165, 1.54) is 12.1 Å². The molecule has 0 N–H and O–H groups in total. The molecule has 34 heavy (non-hydrogen) atoms. The van der Waals surface area contributed by atoms with Crippen molar-refractivity contribution in [3.8, 4) is 11.5 Å². The van der Waals surface area contributed by atoms with Gasteiger partial charge in [-0.2, -0.15) is 0 Å². The summed E-state index contributed by atoms with van der Waals surface area (Å²) in [6.45, 7) is 0.182. The highest BCUT2D eigenvalue weighted by molar-refractivity contribution is 7.92. The quantitative estimate of drug-likeness (QED) is 0.456. The van der Waals surface area contributed by atoms with Crippen molar-refractivity contribution < 1.29 is 27.1 Å². The van der Waals surface area contributed by atoms with Gasteiger partial charge in [-0.1, -0.05) is 24.3 Å². The zero-order valence-electron chi connectivity index (χ0n) is 19.5. The molecule has 0 aromatic heterocycles. The lowest BCUT2D eigenvalue weighted by molar-refractivity contribution is 0.0785. The van der Waals surface area contributed by atoms with Gasteiger partial charge < -0.3 is 14.4 Å². The number of nitrogens with zero attached hydrogens (tertiary/aromatic N) is 2. The van der Waals surface area contributed by atoms with Gasteiger partial charge in [0.15, 0.2) is 11.5 Å². The van der Waals surface area contributed by atoms with Gasteiger partial charge in [0.05, 0.1) is 32.7 Å². The second-order valence-electron chi connectivity index (χ2n) is 7.76. The molecule has 0 atom stereocenters. The Kier molecular flexibility index (Phi) is 7.78. The molecule has 0 aliphatic heterocycles. The molecule has 0 heterocycles. The normalized spacial score (nSPS) is 11.1. The van der Waals surface area contributed by atoms with Crippen LogP contribution in [0.3, 0.4) is 0 Å². The molecule has 0 aliphatic rings. The molecule has 0 saturated carbocycles. The van der Waals surface area contributed by atoms with Gasteiger partial charge in [0.25, 0.3) is 5.91 Å². The summed E-state index contributed by atoms with van der Waals surface area (Å²) in [5.74, 6) is 0.448. The standard InChI is InChI=1S/C25H27FN2O5S/c1-27(16-18-9-14-23(32-2)24(15-18)33-3)25(29)19-10-12-21(13-11-19)28(34(4,30)31)17-20-7-5-6-8-22(20)26/h5-15H,16-17H2,1-4H3. The zero-order chi connectivity index (χ0) is 24.9. The van der Waals surface area contributed by atoms with Crippen molar-refractivity contribution in [1.82, 2.24) is 4.90 Å². The van der Waals surface area contributed by atoms with E-state index in [0.717, 1.165) is 16.1 Å². The number of halogens is 1. The summed E-state index contributed by atoms with van der Waals surface area (Å²) in [5.41, 5.74) is 1.84. The van der Waals surface area contributed by atoms with Crippen LogP contribution in [0.15, 0.2) is 66.7 Å². The van der Waals surface area contributed by atoms with E-state index in [0.29, 0.717) is 29.3 Å². The summed E-state index contributed by atoms with van der Waals surface area (Å²) in [6, 6.07) is 17.6. The monoisotopic (exact) mass is 486 g/mol. The minimum atomic E-state index is -3.69. The van der Waals surface area contributed by atoms with Gasteiger partial charge in [-0.25, -0.2) is 12.8 Å². The first-order valence-corrected chi connectivity index (χ1v) is 12.3. The average Bonchev–Trinajstić information content (AvgIpc) is 2.82. The van der Waals surface area contributed by atoms with E-state index in [2.05, 4.69) is 0 Å². The minimum Gasteiger partial charge on any atom is -0.493 e. The molecule has 9 heteroatoms. The van der Waals surface area contributed by atoms with Crippen LogP contribution in [0.4, 0.5) is 10.1 Å². The maximum absolute atomic E-state index is 14.1. The second kappa shape index (κ2) is 10.6. The van der Waals surface area contributed by atoms with E-state index in [1.807, 2.05) is 6.07 Å². The smallest absolute Gasteiger partial charge is 0.253 e. The second-order valence-corrected chi connectivity index (χ2v) is 9.67. The molecule has 7 nitrogen and oxygen atoms in total. The number of hydrogen-bond acceptors (Lipinski definition) is 5. The largest absolute Gasteiger partial charge is 0.493 e. The Morgan fingerprint density at radius 1 is 0.912 bits per heavy atom. The first-order chi connectivity index (χ1) is 16.1. The fraction of sp³-hybridized carbons (Fsp3) is 0.240. The van der Waals surface area contributed by atoms with Crippen LogP contribution >= 0.6 is 0 Å². The third kappa shape index (κ3) is 5.85. The predicted octanol–water partition coefficient (Wildman–Crippen LogP) is 4.08. The molecule has 3 aromatic carbocycles. The van der Waals surface area contributed by atoms with E-state index < -0.39 is 15.8 Å². The number of hydrogen-bond donors (Lipinski definition) is 0. The van der Waals surface area contributed by atoms with Crippen molar-refractivity contribution >= 4 is 21.6 Å². The highest BCUT2D eigenvalue weighted by Crippen LogP contribution is 2.28. The number of sulfonamides is 1. The Hall–Kier alpha value is -3.59. The highest BCUT2D eigenvalue weighted by Gasteiger charge is 2.20. The number of amides is 1. The van der Waals surface area contributed by atoms with Crippen LogP contribution in [-0.4, -0.2) is 46.7 Å². The van der Waals surface area contributed by atoms with Crippen LogP contribution in [0.5, 0.6) is 11.5 Å². The number of carbonyl (C=O) groups excluding carboxylic acids is 1. The molecule has 0 unspecified atom stereocenters. The van der Waals surface area contributed by atoms with Crippen LogP contribution in [0.2, 0.25) is 0 Å². The summed E-state index contributed by atoms with van der Waals surface area (Å²) < 4.78 is 50.5. The van der Waals surface area contributed by atoms with Crippen LogP contribution < -0.4 is 13.8 Å². The molecule has 1 amide bonds. The molecular formula is C25H27FN2O5S. The van der Waals surface area contributed by atoms with Crippen LogP contribution in [-0.2, 0) is 23.1 Å². The van der Waals surface area contributed by atoms with Crippen molar-refractivity contribution in [2.24, 2.45) is 0 Å². The molecule has 0 saturated heterocycles. The zero-order valence-corrected chi connectivity index (χ0v) is 20.3. The third-order valence-corrected chi connectivity index (χ3v) is 6.43. The van der Waals surface area contributed by atoms with E-state index in [1.54, 1.807) is 74.7 Å². The number of rotatable bonds is 9. The lowest BCUT2D eigenvalue weighted by Gasteiger charge is -2.23. The van der Waals surface area contributed by atoms with Crippen molar-refractivity contribution in [2.45, 2.75) is 13.1 Å². The molecule has 3 aromatic rings. The molecule has 0 bridgehead atoms. The number of benzene rings is 3. The molecule has 0 fully saturated rings. The molecule has 0 radical (unpaired) electrons. The molecule has 0 spiro atoms. The first kappa shape index (κ1) is 25.0. The Morgan fingerprint density at radius 2 is 1.56 bits per heavy atom. The van der Waals surface area contributed by atoms with Crippen LogP contribution in [0.1, 0.15) is 21.5 Å². The Labute approximate surface area is 199 Å². The molecular weight excluding hydrogens is 459 g/mol. The summed E-state index contributed by atoms with van der Waals surface area (Å²) in [4.78, 5) is 14.5. The van der Waals surface area contributed by atoms with Crippen LogP contribution in [0.25, 0.3) is 0 Å². The van der Waals surface area contributed by atoms with Gasteiger partial charge in [-0.05, 0) is 48.0 Å². The number of carbonyl (C=O) groups is 1. The Balaban J connectivity index is 1.77.